The van der Waals surface area contributed by atoms with Crippen molar-refractivity contribution in [2.24, 2.45) is 0 Å². The van der Waals surface area contributed by atoms with Crippen LogP contribution in [0.5, 0.6) is 0 Å². The van der Waals surface area contributed by atoms with Crippen LogP contribution >= 0.6 is 0 Å². The Labute approximate surface area is 156 Å². The highest BCUT2D eigenvalue weighted by Gasteiger charge is 2.33. The predicted molar refractivity (Wildman–Crippen MR) is 104 cm³/mol. The summed E-state index contributed by atoms with van der Waals surface area (Å²) in [4.78, 5) is 13.8. The summed E-state index contributed by atoms with van der Waals surface area (Å²) in [6.07, 6.45) is 7.58. The maximum Gasteiger partial charge on any atom is 0.243 e. The van der Waals surface area contributed by atoms with Gasteiger partial charge in [-0.1, -0.05) is 36.9 Å². The zero-order chi connectivity index (χ0) is 19.3. The largest absolute Gasteiger partial charge is 0.369 e. The summed E-state index contributed by atoms with van der Waals surface area (Å²) >= 11 is 0. The van der Waals surface area contributed by atoms with Gasteiger partial charge in [0.2, 0.25) is 10.0 Å². The minimum absolute atomic E-state index is 0.0811. The molecule has 0 radical (unpaired) electrons. The molecular formula is C20H26N2O3S. The van der Waals surface area contributed by atoms with E-state index < -0.39 is 10.0 Å². The molecular weight excluding hydrogens is 348 g/mol. The van der Waals surface area contributed by atoms with E-state index in [-0.39, 0.29) is 16.7 Å². The van der Waals surface area contributed by atoms with Crippen LogP contribution in [-0.4, -0.2) is 49.1 Å². The number of rotatable bonds is 6. The molecule has 1 fully saturated rings. The molecule has 0 amide bonds. The van der Waals surface area contributed by atoms with E-state index in [1.54, 1.807) is 18.2 Å². The maximum absolute atomic E-state index is 13.0. The molecule has 1 saturated heterocycles. The van der Waals surface area contributed by atoms with Crippen LogP contribution in [0.2, 0.25) is 0 Å². The van der Waals surface area contributed by atoms with Gasteiger partial charge in [0.25, 0.3) is 0 Å². The molecule has 1 aliphatic rings. The Morgan fingerprint density at radius 2 is 1.88 bits per heavy atom. The number of Topliss-reactive ketones (excluding diaryl/α,β-unsaturated/α-hetero) is 1. The molecule has 2 rings (SSSR count). The van der Waals surface area contributed by atoms with Crippen LogP contribution in [0.4, 0.5) is 0 Å². The Kier molecular flexibility index (Phi) is 6.56. The minimum Gasteiger partial charge on any atom is -0.369 e. The van der Waals surface area contributed by atoms with Crippen LogP contribution < -0.4 is 0 Å². The molecule has 140 valence electrons. The molecule has 0 N–H and O–H groups in total. The number of carbonyl (C=O) groups excluding carboxylic acids is 1. The average Bonchev–Trinajstić information content (AvgIpc) is 2.62. The molecule has 26 heavy (non-hydrogen) atoms. The lowest BCUT2D eigenvalue weighted by molar-refractivity contribution is 0.101. The van der Waals surface area contributed by atoms with Crippen LogP contribution in [0.1, 0.15) is 31.1 Å². The zero-order valence-electron chi connectivity index (χ0n) is 15.6. The highest BCUT2D eigenvalue weighted by Crippen LogP contribution is 2.23. The number of piperazine rings is 1. The van der Waals surface area contributed by atoms with E-state index in [0.717, 1.165) is 5.70 Å². The summed E-state index contributed by atoms with van der Waals surface area (Å²) in [6, 6.07) is 5.99. The number of sulfonamides is 1. The second-order valence-corrected chi connectivity index (χ2v) is 8.19. The zero-order valence-corrected chi connectivity index (χ0v) is 16.4. The fourth-order valence-electron chi connectivity index (χ4n) is 3.08. The second-order valence-electron chi connectivity index (χ2n) is 6.30. The molecule has 0 saturated carbocycles. The van der Waals surface area contributed by atoms with Crippen molar-refractivity contribution in [3.05, 3.63) is 66.4 Å². The number of ketones is 1. The first-order chi connectivity index (χ1) is 12.3. The Morgan fingerprint density at radius 3 is 2.38 bits per heavy atom. The molecule has 5 nitrogen and oxygen atoms in total. The normalized spacial score (nSPS) is 19.7. The third-order valence-corrected chi connectivity index (χ3v) is 6.53. The van der Waals surface area contributed by atoms with E-state index in [1.807, 2.05) is 32.1 Å². The third kappa shape index (κ3) is 4.31. The van der Waals surface area contributed by atoms with Gasteiger partial charge in [-0.2, -0.15) is 4.31 Å². The Bertz CT molecular complexity index is 823. The van der Waals surface area contributed by atoms with Gasteiger partial charge in [0.1, 0.15) is 0 Å². The number of allylic oxidation sites excluding steroid dienone is 4. The van der Waals surface area contributed by atoms with Crippen LogP contribution in [0.15, 0.2) is 65.7 Å². The number of carbonyl (C=O) groups is 1. The number of benzene rings is 1. The molecule has 0 aromatic heterocycles. The fraction of sp³-hybridized carbons (Fsp3) is 0.350. The van der Waals surface area contributed by atoms with Crippen molar-refractivity contribution in [1.82, 2.24) is 9.21 Å². The molecule has 1 atom stereocenters. The smallest absolute Gasteiger partial charge is 0.243 e. The SMILES string of the molecule is C=C/C=C\C(=C/C)N1CCN(S(=O)(=O)c2ccc(C(C)=O)cc2)[C@H](C)C1. The van der Waals surface area contributed by atoms with Crippen molar-refractivity contribution < 1.29 is 13.2 Å². The molecule has 0 spiro atoms. The summed E-state index contributed by atoms with van der Waals surface area (Å²) in [5.74, 6) is -0.0811. The highest BCUT2D eigenvalue weighted by atomic mass is 32.2. The number of hydrogen-bond donors (Lipinski definition) is 0. The first kappa shape index (κ1) is 20.1. The molecule has 1 heterocycles. The van der Waals surface area contributed by atoms with Crippen LogP contribution in [0, 0.1) is 0 Å². The van der Waals surface area contributed by atoms with Gasteiger partial charge in [-0.3, -0.25) is 4.79 Å². The lowest BCUT2D eigenvalue weighted by atomic mass is 10.2. The quantitative estimate of drug-likeness (QED) is 0.567. The first-order valence-electron chi connectivity index (χ1n) is 8.64. The van der Waals surface area contributed by atoms with Gasteiger partial charge >= 0.3 is 0 Å². The van der Waals surface area contributed by atoms with Gasteiger partial charge in [-0.15, -0.1) is 0 Å². The van der Waals surface area contributed by atoms with Gasteiger partial charge in [0.15, 0.2) is 5.78 Å². The molecule has 6 heteroatoms. The van der Waals surface area contributed by atoms with Crippen LogP contribution in [-0.2, 0) is 10.0 Å². The van der Waals surface area contributed by atoms with Crippen molar-refractivity contribution in [2.45, 2.75) is 31.7 Å². The van der Waals surface area contributed by atoms with Gasteiger partial charge in [0, 0.05) is 36.9 Å². The predicted octanol–water partition coefficient (Wildman–Crippen LogP) is 3.23. The van der Waals surface area contributed by atoms with E-state index in [4.69, 9.17) is 0 Å². The summed E-state index contributed by atoms with van der Waals surface area (Å²) in [7, 11) is -3.58. The molecule has 1 aromatic rings. The average molecular weight is 375 g/mol. The van der Waals surface area contributed by atoms with E-state index in [2.05, 4.69) is 11.5 Å². The fourth-order valence-corrected chi connectivity index (χ4v) is 4.69. The maximum atomic E-state index is 13.0. The highest BCUT2D eigenvalue weighted by molar-refractivity contribution is 7.89. The van der Waals surface area contributed by atoms with E-state index in [1.165, 1.54) is 23.4 Å². The van der Waals surface area contributed by atoms with Crippen LogP contribution in [0.3, 0.4) is 0 Å². The van der Waals surface area contributed by atoms with Gasteiger partial charge in [-0.25, -0.2) is 8.42 Å². The monoisotopic (exact) mass is 374 g/mol. The van der Waals surface area contributed by atoms with E-state index in [9.17, 15) is 13.2 Å². The molecule has 1 aliphatic heterocycles. The lowest BCUT2D eigenvalue weighted by Gasteiger charge is -2.40. The first-order valence-corrected chi connectivity index (χ1v) is 10.1. The van der Waals surface area contributed by atoms with Crippen molar-refractivity contribution in [3.8, 4) is 0 Å². The standard InChI is InChI=1S/C20H26N2O3S/c1-5-7-8-19(6-2)21-13-14-22(16(3)15-21)26(24,25)20-11-9-18(10-12-20)17(4)23/h5-12,16H,1,13-15H2,2-4H3/b8-7-,19-6+/t16-/m1/s1. The van der Waals surface area contributed by atoms with Crippen LogP contribution in [0.25, 0.3) is 0 Å². The second kappa shape index (κ2) is 8.47. The lowest BCUT2D eigenvalue weighted by Crippen LogP contribution is -2.53. The third-order valence-electron chi connectivity index (χ3n) is 4.50. The summed E-state index contributed by atoms with van der Waals surface area (Å²) in [5.41, 5.74) is 1.56. The van der Waals surface area contributed by atoms with E-state index >= 15 is 0 Å². The van der Waals surface area contributed by atoms with Crippen molar-refractivity contribution in [3.63, 3.8) is 0 Å². The molecule has 0 bridgehead atoms. The summed E-state index contributed by atoms with van der Waals surface area (Å²) in [5, 5.41) is 0. The van der Waals surface area contributed by atoms with Gasteiger partial charge in [0.05, 0.1) is 4.90 Å². The van der Waals surface area contributed by atoms with Crippen molar-refractivity contribution in [1.29, 1.82) is 0 Å². The Morgan fingerprint density at radius 1 is 1.23 bits per heavy atom. The van der Waals surface area contributed by atoms with Gasteiger partial charge in [-0.05, 0) is 39.0 Å². The molecule has 0 aliphatic carbocycles. The molecule has 0 unspecified atom stereocenters. The Hall–Kier alpha value is -2.18. The minimum atomic E-state index is -3.58. The van der Waals surface area contributed by atoms with Crippen molar-refractivity contribution >= 4 is 15.8 Å². The van der Waals surface area contributed by atoms with Crippen molar-refractivity contribution in [2.75, 3.05) is 19.6 Å². The molecule has 1 aromatic carbocycles. The number of nitrogens with zero attached hydrogens (tertiary/aromatic N) is 2. The van der Waals surface area contributed by atoms with E-state index in [0.29, 0.717) is 25.2 Å². The van der Waals surface area contributed by atoms with Gasteiger partial charge < -0.3 is 4.90 Å². The summed E-state index contributed by atoms with van der Waals surface area (Å²) in [6.45, 7) is 10.7. The topological polar surface area (TPSA) is 57.7 Å². The number of hydrogen-bond acceptors (Lipinski definition) is 4. The Balaban J connectivity index is 2.18. The summed E-state index contributed by atoms with van der Waals surface area (Å²) < 4.78 is 27.5.